The number of nitrogens with zero attached hydrogens (tertiary/aromatic N) is 4. The van der Waals surface area contributed by atoms with Gasteiger partial charge in [-0.15, -0.1) is 0 Å². The molecule has 0 saturated carbocycles. The molecular formula is C21H30N4O. The first-order chi connectivity index (χ1) is 12.5. The molecule has 0 radical (unpaired) electrons. The largest absolute Gasteiger partial charge is 0.374 e. The van der Waals surface area contributed by atoms with Crippen LogP contribution in [0.5, 0.6) is 0 Å². The molecule has 0 N–H and O–H groups in total. The van der Waals surface area contributed by atoms with Gasteiger partial charge in [0.25, 0.3) is 0 Å². The highest BCUT2D eigenvalue weighted by molar-refractivity contribution is 5.51. The van der Waals surface area contributed by atoms with E-state index >= 15 is 0 Å². The van der Waals surface area contributed by atoms with E-state index in [0.717, 1.165) is 37.7 Å². The zero-order valence-corrected chi connectivity index (χ0v) is 16.4. The third-order valence-electron chi connectivity index (χ3n) is 4.70. The summed E-state index contributed by atoms with van der Waals surface area (Å²) in [6.45, 7) is 13.0. The minimum Gasteiger partial charge on any atom is -0.374 e. The molecule has 1 saturated heterocycles. The Bertz CT molecular complexity index is 674. The van der Waals surface area contributed by atoms with Crippen molar-refractivity contribution in [1.29, 1.82) is 0 Å². The molecule has 2 aromatic rings. The summed E-state index contributed by atoms with van der Waals surface area (Å²) in [6.07, 6.45) is 4.18. The highest BCUT2D eigenvalue weighted by Gasteiger charge is 2.18. The van der Waals surface area contributed by atoms with Crippen molar-refractivity contribution in [2.75, 3.05) is 36.0 Å². The number of piperazine rings is 1. The van der Waals surface area contributed by atoms with Crippen LogP contribution in [0.3, 0.4) is 0 Å². The number of ether oxygens (including phenoxy) is 1. The van der Waals surface area contributed by atoms with E-state index in [1.165, 1.54) is 11.3 Å². The molecule has 0 atom stereocenters. The van der Waals surface area contributed by atoms with Gasteiger partial charge in [0, 0.05) is 37.8 Å². The molecule has 1 aliphatic heterocycles. The van der Waals surface area contributed by atoms with Gasteiger partial charge in [-0.3, -0.25) is 0 Å². The Morgan fingerprint density at radius 3 is 1.88 bits per heavy atom. The summed E-state index contributed by atoms with van der Waals surface area (Å²) in [4.78, 5) is 13.8. The second-order valence-corrected chi connectivity index (χ2v) is 7.45. The smallest absolute Gasteiger partial charge is 0.130 e. The minimum atomic E-state index is 0.265. The number of hydrogen-bond acceptors (Lipinski definition) is 5. The maximum atomic E-state index is 5.67. The van der Waals surface area contributed by atoms with Gasteiger partial charge in [-0.1, -0.05) is 26.0 Å². The van der Waals surface area contributed by atoms with Gasteiger partial charge in [0.2, 0.25) is 0 Å². The Kier molecular flexibility index (Phi) is 6.09. The van der Waals surface area contributed by atoms with Gasteiger partial charge in [-0.05, 0) is 31.5 Å². The van der Waals surface area contributed by atoms with Gasteiger partial charge >= 0.3 is 0 Å². The van der Waals surface area contributed by atoms with E-state index in [9.17, 15) is 0 Å². The van der Waals surface area contributed by atoms with Crippen molar-refractivity contribution in [3.05, 3.63) is 48.0 Å². The van der Waals surface area contributed by atoms with E-state index < -0.39 is 0 Å². The molecule has 5 nitrogen and oxygen atoms in total. The van der Waals surface area contributed by atoms with Crippen LogP contribution in [0.4, 0.5) is 11.4 Å². The van der Waals surface area contributed by atoms with Crippen LogP contribution in [0.15, 0.2) is 36.7 Å². The zero-order chi connectivity index (χ0) is 18.5. The van der Waals surface area contributed by atoms with Crippen LogP contribution in [0.2, 0.25) is 0 Å². The second kappa shape index (κ2) is 8.49. The first kappa shape index (κ1) is 18.6. The molecule has 1 aromatic carbocycles. The third kappa shape index (κ3) is 4.73. The first-order valence-corrected chi connectivity index (χ1v) is 9.55. The molecule has 0 bridgehead atoms. The van der Waals surface area contributed by atoms with E-state index in [2.05, 4.69) is 71.7 Å². The number of rotatable bonds is 6. The normalized spacial score (nSPS) is 15.2. The summed E-state index contributed by atoms with van der Waals surface area (Å²) in [6, 6.07) is 8.75. The van der Waals surface area contributed by atoms with Crippen molar-refractivity contribution < 1.29 is 4.74 Å². The molecular weight excluding hydrogens is 324 g/mol. The summed E-state index contributed by atoms with van der Waals surface area (Å²) in [5.41, 5.74) is 3.63. The Morgan fingerprint density at radius 1 is 0.846 bits per heavy atom. The molecule has 26 heavy (non-hydrogen) atoms. The lowest BCUT2D eigenvalue weighted by Crippen LogP contribution is -2.46. The van der Waals surface area contributed by atoms with Crippen LogP contribution < -0.4 is 9.80 Å². The lowest BCUT2D eigenvalue weighted by Gasteiger charge is -2.37. The van der Waals surface area contributed by atoms with E-state index in [0.29, 0.717) is 12.5 Å². The van der Waals surface area contributed by atoms with Crippen LogP contribution >= 0.6 is 0 Å². The van der Waals surface area contributed by atoms with Gasteiger partial charge in [0.05, 0.1) is 30.8 Å². The van der Waals surface area contributed by atoms with Crippen molar-refractivity contribution in [3.8, 4) is 0 Å². The summed E-state index contributed by atoms with van der Waals surface area (Å²) in [5, 5.41) is 0. The van der Waals surface area contributed by atoms with Crippen LogP contribution in [0, 0.1) is 0 Å². The first-order valence-electron chi connectivity index (χ1n) is 9.55. The molecule has 140 valence electrons. The lowest BCUT2D eigenvalue weighted by molar-refractivity contribution is 0.0657. The van der Waals surface area contributed by atoms with Crippen molar-refractivity contribution in [1.82, 2.24) is 9.97 Å². The Morgan fingerprint density at radius 2 is 1.38 bits per heavy atom. The molecule has 3 rings (SSSR count). The molecule has 1 aliphatic rings. The SMILES string of the molecule is CC(C)OCc1ccc(N2CCN(c3cnc(C(C)C)nc3)CC2)cc1. The maximum absolute atomic E-state index is 5.67. The summed E-state index contributed by atoms with van der Waals surface area (Å²) < 4.78 is 5.67. The fraction of sp³-hybridized carbons (Fsp3) is 0.524. The Hall–Kier alpha value is -2.14. The van der Waals surface area contributed by atoms with Gasteiger partial charge in [0.15, 0.2) is 0 Å². The average Bonchev–Trinajstić information content (AvgIpc) is 2.67. The van der Waals surface area contributed by atoms with Crippen molar-refractivity contribution in [2.24, 2.45) is 0 Å². The predicted octanol–water partition coefficient (Wildman–Crippen LogP) is 3.85. The van der Waals surface area contributed by atoms with Gasteiger partial charge in [0.1, 0.15) is 5.82 Å². The maximum Gasteiger partial charge on any atom is 0.130 e. The van der Waals surface area contributed by atoms with Crippen molar-refractivity contribution in [2.45, 2.75) is 46.3 Å². The quantitative estimate of drug-likeness (QED) is 0.788. The van der Waals surface area contributed by atoms with Crippen LogP contribution in [-0.2, 0) is 11.3 Å². The van der Waals surface area contributed by atoms with E-state index in [1.54, 1.807) is 0 Å². The standard InChI is InChI=1S/C21H30N4O/c1-16(2)21-22-13-20(14-23-21)25-11-9-24(10-12-25)19-7-5-18(6-8-19)15-26-17(3)4/h5-8,13-14,16-17H,9-12,15H2,1-4H3. The highest BCUT2D eigenvalue weighted by atomic mass is 16.5. The van der Waals surface area contributed by atoms with Gasteiger partial charge in [-0.2, -0.15) is 0 Å². The number of benzene rings is 1. The Balaban J connectivity index is 1.54. The molecule has 1 fully saturated rings. The summed E-state index contributed by atoms with van der Waals surface area (Å²) in [5.74, 6) is 1.28. The van der Waals surface area contributed by atoms with Crippen LogP contribution in [0.1, 0.15) is 45.0 Å². The van der Waals surface area contributed by atoms with Crippen molar-refractivity contribution in [3.63, 3.8) is 0 Å². The fourth-order valence-electron chi connectivity index (χ4n) is 3.08. The molecule has 0 unspecified atom stereocenters. The summed E-state index contributed by atoms with van der Waals surface area (Å²) in [7, 11) is 0. The average molecular weight is 354 g/mol. The number of aromatic nitrogens is 2. The fourth-order valence-corrected chi connectivity index (χ4v) is 3.08. The van der Waals surface area contributed by atoms with Gasteiger partial charge in [-0.25, -0.2) is 9.97 Å². The van der Waals surface area contributed by atoms with Gasteiger partial charge < -0.3 is 14.5 Å². The minimum absolute atomic E-state index is 0.265. The summed E-state index contributed by atoms with van der Waals surface area (Å²) >= 11 is 0. The molecule has 2 heterocycles. The second-order valence-electron chi connectivity index (χ2n) is 7.45. The lowest BCUT2D eigenvalue weighted by atomic mass is 10.2. The van der Waals surface area contributed by atoms with Crippen LogP contribution in [0.25, 0.3) is 0 Å². The van der Waals surface area contributed by atoms with Crippen molar-refractivity contribution >= 4 is 11.4 Å². The van der Waals surface area contributed by atoms with E-state index in [1.807, 2.05) is 12.4 Å². The predicted molar refractivity (Wildman–Crippen MR) is 107 cm³/mol. The molecule has 0 amide bonds. The monoisotopic (exact) mass is 354 g/mol. The number of hydrogen-bond donors (Lipinski definition) is 0. The van der Waals surface area contributed by atoms with E-state index in [4.69, 9.17) is 4.74 Å². The van der Waals surface area contributed by atoms with E-state index in [-0.39, 0.29) is 6.10 Å². The zero-order valence-electron chi connectivity index (χ0n) is 16.4. The molecule has 0 aliphatic carbocycles. The number of anilines is 2. The molecule has 1 aromatic heterocycles. The van der Waals surface area contributed by atoms with Crippen LogP contribution in [-0.4, -0.2) is 42.3 Å². The topological polar surface area (TPSA) is 41.5 Å². The Labute approximate surface area is 157 Å². The third-order valence-corrected chi connectivity index (χ3v) is 4.70. The molecule has 5 heteroatoms. The highest BCUT2D eigenvalue weighted by Crippen LogP contribution is 2.21. The molecule has 0 spiro atoms.